The molecule has 3 nitrogen and oxygen atoms in total. The minimum absolute atomic E-state index is 0.0125. The highest BCUT2D eigenvalue weighted by Gasteiger charge is 2.42. The Labute approximate surface area is 300 Å². The summed E-state index contributed by atoms with van der Waals surface area (Å²) in [5.74, 6) is 3.57. The fourth-order valence-corrected chi connectivity index (χ4v) is 8.81. The van der Waals surface area contributed by atoms with Gasteiger partial charge in [-0.2, -0.15) is 0 Å². The zero-order valence-corrected chi connectivity index (χ0v) is 28.4. The summed E-state index contributed by atoms with van der Waals surface area (Å²) < 4.78 is 13.1. The van der Waals surface area contributed by atoms with Gasteiger partial charge in [0.1, 0.15) is 23.7 Å². The van der Waals surface area contributed by atoms with E-state index < -0.39 is 0 Å². The first-order valence-corrected chi connectivity index (χ1v) is 18.3. The van der Waals surface area contributed by atoms with Crippen molar-refractivity contribution in [3.05, 3.63) is 204 Å². The quantitative estimate of drug-likeness (QED) is 0.205. The highest BCUT2D eigenvalue weighted by molar-refractivity contribution is 5.79. The van der Waals surface area contributed by atoms with Gasteiger partial charge in [-0.15, -0.1) is 0 Å². The molecule has 3 heteroatoms. The van der Waals surface area contributed by atoms with Crippen molar-refractivity contribution in [2.75, 3.05) is 4.90 Å². The first kappa shape index (κ1) is 30.1. The molecule has 0 saturated carbocycles. The molecule has 4 aromatic carbocycles. The van der Waals surface area contributed by atoms with Gasteiger partial charge in [-0.3, -0.25) is 0 Å². The zero-order chi connectivity index (χ0) is 33.7. The number of anilines is 2. The summed E-state index contributed by atoms with van der Waals surface area (Å²) in [6.07, 6.45) is 29.4. The number of nitrogens with zero attached hydrogens (tertiary/aromatic N) is 1. The van der Waals surface area contributed by atoms with Gasteiger partial charge >= 0.3 is 0 Å². The van der Waals surface area contributed by atoms with Crippen molar-refractivity contribution in [3.8, 4) is 16.9 Å². The summed E-state index contributed by atoms with van der Waals surface area (Å²) in [6, 6.07) is 37.0. The molecule has 2 aliphatic heterocycles. The maximum absolute atomic E-state index is 6.62. The van der Waals surface area contributed by atoms with E-state index in [1.165, 1.54) is 44.9 Å². The number of para-hydroxylation sites is 1. The van der Waals surface area contributed by atoms with Gasteiger partial charge in [0.2, 0.25) is 0 Å². The molecule has 0 spiro atoms. The second-order valence-electron chi connectivity index (χ2n) is 14.2. The molecule has 1 fully saturated rings. The molecular formula is C48H39NO2. The summed E-state index contributed by atoms with van der Waals surface area (Å²) in [5.41, 5.74) is 10.8. The van der Waals surface area contributed by atoms with Gasteiger partial charge in [-0.05, 0) is 77.6 Å². The Balaban J connectivity index is 0.979. The third-order valence-electron chi connectivity index (χ3n) is 11.3. The zero-order valence-electron chi connectivity index (χ0n) is 28.4. The lowest BCUT2D eigenvalue weighted by Gasteiger charge is -2.31. The molecule has 0 radical (unpaired) electrons. The van der Waals surface area contributed by atoms with Gasteiger partial charge in [-0.25, -0.2) is 0 Å². The van der Waals surface area contributed by atoms with Crippen LogP contribution < -0.4 is 9.64 Å². The second kappa shape index (κ2) is 12.5. The van der Waals surface area contributed by atoms with Crippen LogP contribution in [0.2, 0.25) is 0 Å². The number of allylic oxidation sites excluding steroid dienone is 11. The van der Waals surface area contributed by atoms with Crippen molar-refractivity contribution in [1.29, 1.82) is 0 Å². The lowest BCUT2D eigenvalue weighted by atomic mass is 9.78. The number of benzene rings is 4. The van der Waals surface area contributed by atoms with Crippen LogP contribution in [-0.2, 0) is 4.74 Å². The molecule has 4 aliphatic carbocycles. The Morgan fingerprint density at radius 2 is 1.47 bits per heavy atom. The Kier molecular flexibility index (Phi) is 7.37. The Morgan fingerprint density at radius 1 is 0.627 bits per heavy atom. The Morgan fingerprint density at radius 3 is 2.35 bits per heavy atom. The number of fused-ring (bicyclic) bond motifs is 6. The van der Waals surface area contributed by atoms with Crippen LogP contribution in [0, 0.1) is 17.8 Å². The molecule has 1 saturated heterocycles. The molecule has 248 valence electrons. The van der Waals surface area contributed by atoms with Crippen molar-refractivity contribution < 1.29 is 9.47 Å². The average molecular weight is 662 g/mol. The maximum Gasteiger partial charge on any atom is 0.135 e. The number of hydrogen-bond acceptors (Lipinski definition) is 3. The third-order valence-corrected chi connectivity index (χ3v) is 11.3. The van der Waals surface area contributed by atoms with Crippen molar-refractivity contribution in [2.45, 2.75) is 31.0 Å². The van der Waals surface area contributed by atoms with Gasteiger partial charge in [0.15, 0.2) is 0 Å². The SMILES string of the molecule is C1=CC2OC3=C(C4C=CC(N(c5ccc(C6=CC=CC7c8ccccc8OC67)cc5)c5cccc(-c6ccccc6)c5)=CC4)C=CCC3C2C=C1. The van der Waals surface area contributed by atoms with Gasteiger partial charge in [-0.1, -0.05) is 134 Å². The van der Waals surface area contributed by atoms with Crippen molar-refractivity contribution >= 4 is 16.9 Å². The smallest absolute Gasteiger partial charge is 0.135 e. The highest BCUT2D eigenvalue weighted by atomic mass is 16.5. The monoisotopic (exact) mass is 661 g/mol. The highest BCUT2D eigenvalue weighted by Crippen LogP contribution is 2.48. The van der Waals surface area contributed by atoms with E-state index >= 15 is 0 Å². The summed E-state index contributed by atoms with van der Waals surface area (Å²) in [7, 11) is 0. The molecule has 6 atom stereocenters. The third kappa shape index (κ3) is 5.27. The van der Waals surface area contributed by atoms with E-state index in [2.05, 4.69) is 181 Å². The molecular weight excluding hydrogens is 623 g/mol. The largest absolute Gasteiger partial charge is 0.489 e. The molecule has 0 aromatic heterocycles. The molecule has 6 unspecified atom stereocenters. The van der Waals surface area contributed by atoms with Crippen LogP contribution >= 0.6 is 0 Å². The second-order valence-corrected chi connectivity index (χ2v) is 14.2. The van der Waals surface area contributed by atoms with Crippen LogP contribution in [0.1, 0.15) is 29.9 Å². The topological polar surface area (TPSA) is 21.7 Å². The normalized spacial score (nSPS) is 26.4. The molecule has 51 heavy (non-hydrogen) atoms. The van der Waals surface area contributed by atoms with Gasteiger partial charge in [0.05, 0.1) is 0 Å². The average Bonchev–Trinajstić information content (AvgIpc) is 3.78. The van der Waals surface area contributed by atoms with Crippen LogP contribution in [0.15, 0.2) is 193 Å². The number of hydrogen-bond donors (Lipinski definition) is 0. The minimum atomic E-state index is -0.0125. The molecule has 0 bridgehead atoms. The predicted molar refractivity (Wildman–Crippen MR) is 207 cm³/mol. The van der Waals surface area contributed by atoms with E-state index in [4.69, 9.17) is 9.47 Å². The van der Waals surface area contributed by atoms with E-state index in [0.717, 1.165) is 30.0 Å². The summed E-state index contributed by atoms with van der Waals surface area (Å²) in [4.78, 5) is 2.40. The fraction of sp³-hybridized carbons (Fsp3) is 0.167. The molecule has 10 rings (SSSR count). The summed E-state index contributed by atoms with van der Waals surface area (Å²) in [6.45, 7) is 0. The predicted octanol–water partition coefficient (Wildman–Crippen LogP) is 11.4. The van der Waals surface area contributed by atoms with E-state index in [1.54, 1.807) is 0 Å². The van der Waals surface area contributed by atoms with Crippen molar-refractivity contribution in [2.24, 2.45) is 17.8 Å². The van der Waals surface area contributed by atoms with Crippen LogP contribution in [0.5, 0.6) is 5.75 Å². The van der Waals surface area contributed by atoms with E-state index in [1.807, 2.05) is 0 Å². The molecule has 2 heterocycles. The van der Waals surface area contributed by atoms with Crippen LogP contribution in [-0.4, -0.2) is 12.2 Å². The summed E-state index contributed by atoms with van der Waals surface area (Å²) >= 11 is 0. The fourth-order valence-electron chi connectivity index (χ4n) is 8.81. The Bertz CT molecular complexity index is 2250. The van der Waals surface area contributed by atoms with Crippen LogP contribution in [0.3, 0.4) is 0 Å². The Hall–Kier alpha value is -5.80. The van der Waals surface area contributed by atoms with Gasteiger partial charge < -0.3 is 14.4 Å². The molecule has 0 amide bonds. The van der Waals surface area contributed by atoms with Crippen molar-refractivity contribution in [1.82, 2.24) is 0 Å². The van der Waals surface area contributed by atoms with Crippen molar-refractivity contribution in [3.63, 3.8) is 0 Å². The first-order valence-electron chi connectivity index (χ1n) is 18.3. The summed E-state index contributed by atoms with van der Waals surface area (Å²) in [5, 5.41) is 0. The van der Waals surface area contributed by atoms with Gasteiger partial charge in [0, 0.05) is 51.9 Å². The van der Waals surface area contributed by atoms with E-state index in [9.17, 15) is 0 Å². The first-order chi connectivity index (χ1) is 25.3. The number of rotatable bonds is 6. The van der Waals surface area contributed by atoms with E-state index in [0.29, 0.717) is 11.8 Å². The lowest BCUT2D eigenvalue weighted by Crippen LogP contribution is -2.21. The maximum atomic E-state index is 6.62. The molecule has 6 aliphatic rings. The van der Waals surface area contributed by atoms with Crippen LogP contribution in [0.4, 0.5) is 11.4 Å². The standard InChI is InChI=1S/C48H39NO2/c1-2-11-32(12-3-1)35-13-8-14-38(31-35)49(36-27-23-33(24-28-36)39-17-9-19-43-41-15-4-6-21-45(41)50-47(39)43)37-29-25-34(26-30-37)40-18-10-20-44-42-16-5-7-22-46(42)51-48(40)44/h1-19,21-25,27-31,34,42-44,46-47H,20,26H2. The van der Waals surface area contributed by atoms with Crippen LogP contribution in [0.25, 0.3) is 16.7 Å². The lowest BCUT2D eigenvalue weighted by molar-refractivity contribution is 0.181. The molecule has 4 aromatic rings. The van der Waals surface area contributed by atoms with Gasteiger partial charge in [0.25, 0.3) is 0 Å². The number of ether oxygens (including phenoxy) is 2. The molecule has 0 N–H and O–H groups in total. The van der Waals surface area contributed by atoms with E-state index in [-0.39, 0.29) is 24.0 Å². The minimum Gasteiger partial charge on any atom is -0.489 e.